The van der Waals surface area contributed by atoms with E-state index in [9.17, 15) is 13.2 Å². The minimum Gasteiger partial charge on any atom is -0.406 e. The summed E-state index contributed by atoms with van der Waals surface area (Å²) in [6.07, 6.45) is -2.35. The van der Waals surface area contributed by atoms with Gasteiger partial charge in [-0.25, -0.2) is 0 Å². The van der Waals surface area contributed by atoms with E-state index in [1.54, 1.807) is 12.1 Å². The third kappa shape index (κ3) is 5.18. The summed E-state index contributed by atoms with van der Waals surface area (Å²) in [5, 5.41) is 0. The molecule has 2 rings (SSSR count). The van der Waals surface area contributed by atoms with Crippen molar-refractivity contribution in [3.8, 4) is 5.75 Å². The molecule has 1 aliphatic rings. The highest BCUT2D eigenvalue weighted by atomic mass is 19.4. The average molecular weight is 316 g/mol. The van der Waals surface area contributed by atoms with Gasteiger partial charge >= 0.3 is 6.36 Å². The molecular weight excluding hydrogens is 293 g/mol. The quantitative estimate of drug-likeness (QED) is 0.827. The zero-order valence-corrected chi connectivity index (χ0v) is 13.1. The fourth-order valence-electron chi connectivity index (χ4n) is 2.83. The molecule has 0 saturated carbocycles. The summed E-state index contributed by atoms with van der Waals surface area (Å²) in [5.41, 5.74) is 1.01. The van der Waals surface area contributed by atoms with Crippen molar-refractivity contribution >= 4 is 0 Å². The number of halogens is 3. The number of hydrogen-bond acceptors (Lipinski definition) is 3. The highest BCUT2D eigenvalue weighted by Gasteiger charge is 2.31. The molecule has 1 saturated heterocycles. The number of alkyl halides is 3. The molecule has 124 valence electrons. The maximum Gasteiger partial charge on any atom is 0.573 e. The Morgan fingerprint density at radius 1 is 1.18 bits per heavy atom. The summed E-state index contributed by atoms with van der Waals surface area (Å²) in [7, 11) is 2.15. The Labute approximate surface area is 129 Å². The topological polar surface area (TPSA) is 15.7 Å². The molecule has 0 bridgehead atoms. The van der Waals surface area contributed by atoms with E-state index < -0.39 is 6.36 Å². The van der Waals surface area contributed by atoms with E-state index in [1.807, 2.05) is 0 Å². The first-order valence-electron chi connectivity index (χ1n) is 7.64. The van der Waals surface area contributed by atoms with Gasteiger partial charge in [-0.2, -0.15) is 0 Å². The van der Waals surface area contributed by atoms with Crippen LogP contribution in [0.2, 0.25) is 0 Å². The standard InChI is InChI=1S/C16H23F3N2O/c1-3-20(2)14-8-10-21(11-9-14)12-13-4-6-15(7-5-13)22-16(17,18)19/h4-7,14H,3,8-12H2,1-2H3. The number of nitrogens with zero attached hydrogens (tertiary/aromatic N) is 2. The van der Waals surface area contributed by atoms with Gasteiger partial charge in [0.2, 0.25) is 0 Å². The van der Waals surface area contributed by atoms with E-state index in [-0.39, 0.29) is 5.75 Å². The highest BCUT2D eigenvalue weighted by molar-refractivity contribution is 5.27. The normalized spacial score (nSPS) is 17.9. The Balaban J connectivity index is 1.82. The molecule has 0 N–H and O–H groups in total. The lowest BCUT2D eigenvalue weighted by molar-refractivity contribution is -0.274. The third-order valence-corrected chi connectivity index (χ3v) is 4.24. The molecule has 1 fully saturated rings. The molecule has 6 heteroatoms. The maximum absolute atomic E-state index is 12.1. The molecule has 1 heterocycles. The first-order chi connectivity index (χ1) is 10.4. The van der Waals surface area contributed by atoms with Gasteiger partial charge in [-0.1, -0.05) is 19.1 Å². The van der Waals surface area contributed by atoms with E-state index in [0.717, 1.165) is 44.6 Å². The van der Waals surface area contributed by atoms with Crippen molar-refractivity contribution < 1.29 is 17.9 Å². The van der Waals surface area contributed by atoms with Gasteiger partial charge in [0.1, 0.15) is 5.75 Å². The summed E-state index contributed by atoms with van der Waals surface area (Å²) in [5.74, 6) is -0.167. The summed E-state index contributed by atoms with van der Waals surface area (Å²) in [4.78, 5) is 4.72. The molecule has 1 aromatic rings. The Bertz CT molecular complexity index is 453. The molecule has 22 heavy (non-hydrogen) atoms. The SMILES string of the molecule is CCN(C)C1CCN(Cc2ccc(OC(F)(F)F)cc2)CC1. The van der Waals surface area contributed by atoms with Gasteiger partial charge in [0.25, 0.3) is 0 Å². The first-order valence-corrected chi connectivity index (χ1v) is 7.64. The van der Waals surface area contributed by atoms with Crippen molar-refractivity contribution in [3.05, 3.63) is 29.8 Å². The highest BCUT2D eigenvalue weighted by Crippen LogP contribution is 2.23. The fraction of sp³-hybridized carbons (Fsp3) is 0.625. The first kappa shape index (κ1) is 17.1. The minimum atomic E-state index is -4.63. The van der Waals surface area contributed by atoms with Crippen molar-refractivity contribution in [1.82, 2.24) is 9.80 Å². The number of ether oxygens (including phenoxy) is 1. The van der Waals surface area contributed by atoms with Crippen molar-refractivity contribution in [2.75, 3.05) is 26.7 Å². The minimum absolute atomic E-state index is 0.167. The second-order valence-electron chi connectivity index (χ2n) is 5.77. The largest absolute Gasteiger partial charge is 0.573 e. The van der Waals surface area contributed by atoms with Crippen LogP contribution in [0.25, 0.3) is 0 Å². The Morgan fingerprint density at radius 2 is 1.77 bits per heavy atom. The molecule has 1 aliphatic heterocycles. The fourth-order valence-corrected chi connectivity index (χ4v) is 2.83. The van der Waals surface area contributed by atoms with E-state index >= 15 is 0 Å². The van der Waals surface area contributed by atoms with Gasteiger partial charge in [-0.3, -0.25) is 4.90 Å². The Kier molecular flexibility index (Phi) is 5.69. The smallest absolute Gasteiger partial charge is 0.406 e. The summed E-state index contributed by atoms with van der Waals surface area (Å²) in [6.45, 7) is 6.04. The van der Waals surface area contributed by atoms with Crippen LogP contribution in [0.1, 0.15) is 25.3 Å². The molecule has 0 spiro atoms. The van der Waals surface area contributed by atoms with E-state index in [1.165, 1.54) is 12.1 Å². The maximum atomic E-state index is 12.1. The van der Waals surface area contributed by atoms with Crippen LogP contribution >= 0.6 is 0 Å². The zero-order valence-electron chi connectivity index (χ0n) is 13.1. The van der Waals surface area contributed by atoms with Gasteiger partial charge in [0.05, 0.1) is 0 Å². The van der Waals surface area contributed by atoms with E-state index in [2.05, 4.69) is 28.5 Å². The number of benzene rings is 1. The number of rotatable bonds is 5. The van der Waals surface area contributed by atoms with Gasteiger partial charge < -0.3 is 9.64 Å². The second-order valence-corrected chi connectivity index (χ2v) is 5.77. The lowest BCUT2D eigenvalue weighted by Crippen LogP contribution is -2.42. The van der Waals surface area contributed by atoms with E-state index in [4.69, 9.17) is 0 Å². The predicted molar refractivity (Wildman–Crippen MR) is 79.7 cm³/mol. The molecule has 0 atom stereocenters. The van der Waals surface area contributed by atoms with Crippen molar-refractivity contribution in [1.29, 1.82) is 0 Å². The lowest BCUT2D eigenvalue weighted by atomic mass is 10.0. The van der Waals surface area contributed by atoms with Crippen molar-refractivity contribution in [2.45, 2.75) is 38.7 Å². The molecule has 0 aromatic heterocycles. The van der Waals surface area contributed by atoms with Crippen LogP contribution in [-0.4, -0.2) is 48.9 Å². The third-order valence-electron chi connectivity index (χ3n) is 4.24. The van der Waals surface area contributed by atoms with Crippen LogP contribution < -0.4 is 4.74 Å². The van der Waals surface area contributed by atoms with Crippen molar-refractivity contribution in [2.24, 2.45) is 0 Å². The van der Waals surface area contributed by atoms with Crippen LogP contribution in [0.3, 0.4) is 0 Å². The van der Waals surface area contributed by atoms with Crippen LogP contribution in [0, 0.1) is 0 Å². The molecular formula is C16H23F3N2O. The number of likely N-dealkylation sites (tertiary alicyclic amines) is 1. The molecule has 0 aliphatic carbocycles. The summed E-state index contributed by atoms with van der Waals surface area (Å²) >= 11 is 0. The van der Waals surface area contributed by atoms with Gasteiger partial charge in [0.15, 0.2) is 0 Å². The lowest BCUT2D eigenvalue weighted by Gasteiger charge is -2.36. The average Bonchev–Trinajstić information content (AvgIpc) is 2.48. The second kappa shape index (κ2) is 7.33. The zero-order chi connectivity index (χ0) is 16.2. The van der Waals surface area contributed by atoms with Gasteiger partial charge in [-0.05, 0) is 57.2 Å². The predicted octanol–water partition coefficient (Wildman–Crippen LogP) is 3.50. The Hall–Kier alpha value is -1.27. The van der Waals surface area contributed by atoms with Crippen LogP contribution in [-0.2, 0) is 6.54 Å². The number of piperidine rings is 1. The van der Waals surface area contributed by atoms with Gasteiger partial charge in [0, 0.05) is 12.6 Å². The van der Waals surface area contributed by atoms with Crippen molar-refractivity contribution in [3.63, 3.8) is 0 Å². The summed E-state index contributed by atoms with van der Waals surface area (Å²) in [6, 6.07) is 6.79. The van der Waals surface area contributed by atoms with Crippen LogP contribution in [0.15, 0.2) is 24.3 Å². The number of hydrogen-bond donors (Lipinski definition) is 0. The molecule has 3 nitrogen and oxygen atoms in total. The molecule has 0 unspecified atom stereocenters. The summed E-state index contributed by atoms with van der Waals surface area (Å²) < 4.78 is 40.2. The van der Waals surface area contributed by atoms with Crippen LogP contribution in [0.5, 0.6) is 5.75 Å². The van der Waals surface area contributed by atoms with Gasteiger partial charge in [-0.15, -0.1) is 13.2 Å². The van der Waals surface area contributed by atoms with Crippen LogP contribution in [0.4, 0.5) is 13.2 Å². The monoisotopic (exact) mass is 316 g/mol. The van der Waals surface area contributed by atoms with E-state index in [0.29, 0.717) is 6.04 Å². The molecule has 0 radical (unpaired) electrons. The Morgan fingerprint density at radius 3 is 2.27 bits per heavy atom. The molecule has 1 aromatic carbocycles. The molecule has 0 amide bonds.